The number of piperidine rings is 1. The van der Waals surface area contributed by atoms with Crippen LogP contribution in [0, 0.1) is 19.7 Å². The number of hydrogen-bond donors (Lipinski definition) is 1. The molecule has 0 saturated carbocycles. The SMILES string of the molecule is CCc1c(Nc2cc(-n3nc(C)c(C(=O)N4CCCCC4)c3C)ncn2)nn(C)c1-c1ccc(F)cc1. The number of hydrogen-bond acceptors (Lipinski definition) is 6. The average Bonchev–Trinajstić information content (AvgIpc) is 3.38. The Morgan fingerprint density at radius 1 is 1.05 bits per heavy atom. The topological polar surface area (TPSA) is 93.8 Å². The first-order valence-corrected chi connectivity index (χ1v) is 12.6. The maximum Gasteiger partial charge on any atom is 0.257 e. The van der Waals surface area contributed by atoms with Crippen molar-refractivity contribution in [1.29, 1.82) is 0 Å². The zero-order valence-corrected chi connectivity index (χ0v) is 21.6. The molecule has 0 bridgehead atoms. The molecule has 3 aromatic heterocycles. The molecule has 5 rings (SSSR count). The van der Waals surface area contributed by atoms with Crippen molar-refractivity contribution in [1.82, 2.24) is 34.4 Å². The molecule has 1 fully saturated rings. The maximum absolute atomic E-state index is 13.5. The number of aromatic nitrogens is 6. The van der Waals surface area contributed by atoms with Crippen molar-refractivity contribution in [3.8, 4) is 17.1 Å². The predicted octanol–water partition coefficient (Wildman–Crippen LogP) is 4.75. The van der Waals surface area contributed by atoms with Crippen LogP contribution in [0.15, 0.2) is 36.7 Å². The highest BCUT2D eigenvalue weighted by Crippen LogP contribution is 2.31. The fourth-order valence-electron chi connectivity index (χ4n) is 5.05. The summed E-state index contributed by atoms with van der Waals surface area (Å²) in [6, 6.07) is 8.20. The van der Waals surface area contributed by atoms with E-state index in [0.717, 1.165) is 54.9 Å². The summed E-state index contributed by atoms with van der Waals surface area (Å²) in [5, 5.41) is 12.6. The van der Waals surface area contributed by atoms with Crippen LogP contribution in [-0.2, 0) is 13.5 Å². The first-order valence-electron chi connectivity index (χ1n) is 12.6. The molecule has 37 heavy (non-hydrogen) atoms. The highest BCUT2D eigenvalue weighted by molar-refractivity contribution is 5.96. The number of aryl methyl sites for hydroxylation is 2. The molecule has 1 amide bonds. The summed E-state index contributed by atoms with van der Waals surface area (Å²) in [4.78, 5) is 24.0. The lowest BCUT2D eigenvalue weighted by atomic mass is 10.1. The van der Waals surface area contributed by atoms with Gasteiger partial charge in [-0.2, -0.15) is 10.2 Å². The molecule has 4 aromatic rings. The zero-order valence-electron chi connectivity index (χ0n) is 21.6. The largest absolute Gasteiger partial charge is 0.339 e. The molecule has 1 aliphatic heterocycles. The molecule has 192 valence electrons. The Morgan fingerprint density at radius 2 is 1.78 bits per heavy atom. The summed E-state index contributed by atoms with van der Waals surface area (Å²) < 4.78 is 17.0. The monoisotopic (exact) mass is 502 g/mol. The zero-order chi connectivity index (χ0) is 26.1. The quantitative estimate of drug-likeness (QED) is 0.409. The average molecular weight is 503 g/mol. The van der Waals surface area contributed by atoms with E-state index < -0.39 is 0 Å². The van der Waals surface area contributed by atoms with Gasteiger partial charge in [-0.15, -0.1) is 0 Å². The van der Waals surface area contributed by atoms with Gasteiger partial charge in [-0.3, -0.25) is 9.48 Å². The molecule has 0 spiro atoms. The molecule has 1 saturated heterocycles. The van der Waals surface area contributed by atoms with Crippen LogP contribution in [0.4, 0.5) is 16.0 Å². The molecule has 1 aliphatic rings. The molecule has 9 nitrogen and oxygen atoms in total. The number of rotatable bonds is 6. The summed E-state index contributed by atoms with van der Waals surface area (Å²) in [5.74, 6) is 1.54. The number of nitrogens with zero attached hydrogens (tertiary/aromatic N) is 7. The van der Waals surface area contributed by atoms with E-state index in [1.54, 1.807) is 27.6 Å². The molecule has 1 aromatic carbocycles. The molecule has 0 radical (unpaired) electrons. The Labute approximate surface area is 215 Å². The number of amides is 1. The van der Waals surface area contributed by atoms with E-state index in [1.165, 1.54) is 24.9 Å². The van der Waals surface area contributed by atoms with Gasteiger partial charge in [0, 0.05) is 37.3 Å². The van der Waals surface area contributed by atoms with Gasteiger partial charge in [0.25, 0.3) is 5.91 Å². The number of halogens is 1. The van der Waals surface area contributed by atoms with E-state index in [-0.39, 0.29) is 11.7 Å². The van der Waals surface area contributed by atoms with Crippen LogP contribution in [-0.4, -0.2) is 53.4 Å². The summed E-state index contributed by atoms with van der Waals surface area (Å²) in [5.41, 5.74) is 4.87. The van der Waals surface area contributed by atoms with Crippen molar-refractivity contribution in [2.45, 2.75) is 46.5 Å². The van der Waals surface area contributed by atoms with E-state index in [4.69, 9.17) is 0 Å². The Morgan fingerprint density at radius 3 is 2.49 bits per heavy atom. The fraction of sp³-hybridized carbons (Fsp3) is 0.370. The van der Waals surface area contributed by atoms with Crippen molar-refractivity contribution < 1.29 is 9.18 Å². The van der Waals surface area contributed by atoms with Gasteiger partial charge in [-0.1, -0.05) is 6.92 Å². The molecular weight excluding hydrogens is 471 g/mol. The van der Waals surface area contributed by atoms with E-state index >= 15 is 0 Å². The third kappa shape index (κ3) is 4.71. The highest BCUT2D eigenvalue weighted by Gasteiger charge is 2.26. The minimum Gasteiger partial charge on any atom is -0.339 e. The lowest BCUT2D eigenvalue weighted by Crippen LogP contribution is -2.36. The molecule has 0 aliphatic carbocycles. The van der Waals surface area contributed by atoms with Crippen LogP contribution >= 0.6 is 0 Å². The minimum absolute atomic E-state index is 0.0303. The number of benzene rings is 1. The van der Waals surface area contributed by atoms with Crippen molar-refractivity contribution in [3.63, 3.8) is 0 Å². The number of carbonyl (C=O) groups is 1. The van der Waals surface area contributed by atoms with Crippen LogP contribution in [0.5, 0.6) is 0 Å². The lowest BCUT2D eigenvalue weighted by molar-refractivity contribution is 0.0723. The Balaban J connectivity index is 1.45. The first-order chi connectivity index (χ1) is 17.9. The van der Waals surface area contributed by atoms with Crippen molar-refractivity contribution in [2.75, 3.05) is 18.4 Å². The van der Waals surface area contributed by atoms with E-state index in [1.807, 2.05) is 25.8 Å². The van der Waals surface area contributed by atoms with Crippen LogP contribution in [0.3, 0.4) is 0 Å². The highest BCUT2D eigenvalue weighted by atomic mass is 19.1. The smallest absolute Gasteiger partial charge is 0.257 e. The molecule has 1 N–H and O–H groups in total. The number of nitrogens with one attached hydrogen (secondary N) is 1. The minimum atomic E-state index is -0.277. The van der Waals surface area contributed by atoms with Gasteiger partial charge >= 0.3 is 0 Å². The maximum atomic E-state index is 13.5. The molecule has 0 unspecified atom stereocenters. The third-order valence-corrected chi connectivity index (χ3v) is 6.88. The van der Waals surface area contributed by atoms with Crippen LogP contribution in [0.25, 0.3) is 17.1 Å². The van der Waals surface area contributed by atoms with Gasteiger partial charge < -0.3 is 10.2 Å². The normalized spacial score (nSPS) is 13.7. The Bertz CT molecular complexity index is 1430. The number of likely N-dealkylation sites (tertiary alicyclic amines) is 1. The van der Waals surface area contributed by atoms with E-state index in [2.05, 4.69) is 32.4 Å². The van der Waals surface area contributed by atoms with Crippen molar-refractivity contribution in [3.05, 3.63) is 65.0 Å². The molecule has 4 heterocycles. The van der Waals surface area contributed by atoms with E-state index in [0.29, 0.717) is 28.7 Å². The lowest BCUT2D eigenvalue weighted by Gasteiger charge is -2.26. The number of anilines is 2. The summed E-state index contributed by atoms with van der Waals surface area (Å²) >= 11 is 0. The van der Waals surface area contributed by atoms with Gasteiger partial charge in [0.15, 0.2) is 11.6 Å². The predicted molar refractivity (Wildman–Crippen MR) is 140 cm³/mol. The molecule has 10 heteroatoms. The summed E-state index contributed by atoms with van der Waals surface area (Å²) in [6.07, 6.45) is 5.43. The first kappa shape index (κ1) is 24.6. The fourth-order valence-corrected chi connectivity index (χ4v) is 5.05. The number of carbonyl (C=O) groups excluding carboxylic acids is 1. The second kappa shape index (κ2) is 10.1. The van der Waals surface area contributed by atoms with E-state index in [9.17, 15) is 9.18 Å². The van der Waals surface area contributed by atoms with Gasteiger partial charge in [-0.05, 0) is 63.8 Å². The summed E-state index contributed by atoms with van der Waals surface area (Å²) in [7, 11) is 1.87. The van der Waals surface area contributed by atoms with Crippen LogP contribution < -0.4 is 5.32 Å². The third-order valence-electron chi connectivity index (χ3n) is 6.88. The second-order valence-corrected chi connectivity index (χ2v) is 9.36. The standard InChI is InChI=1S/C27H31FN8O/c1-5-21-25(19-9-11-20(28)12-10-19)34(4)33-26(21)31-22-15-23(30-16-29-22)36-18(3)24(17(2)32-36)27(37)35-13-7-6-8-14-35/h9-12,15-16H,5-8,13-14H2,1-4H3,(H,29,30,31,33). The molecular formula is C27H31FN8O. The van der Waals surface area contributed by atoms with Crippen LogP contribution in [0.1, 0.15) is 53.5 Å². The van der Waals surface area contributed by atoms with Gasteiger partial charge in [-0.25, -0.2) is 19.0 Å². The molecule has 0 atom stereocenters. The van der Waals surface area contributed by atoms with Gasteiger partial charge in [0.1, 0.15) is 18.0 Å². The van der Waals surface area contributed by atoms with Crippen LogP contribution in [0.2, 0.25) is 0 Å². The van der Waals surface area contributed by atoms with Crippen molar-refractivity contribution in [2.24, 2.45) is 7.05 Å². The Hall–Kier alpha value is -4.08. The summed E-state index contributed by atoms with van der Waals surface area (Å²) in [6.45, 7) is 7.38. The van der Waals surface area contributed by atoms with Gasteiger partial charge in [0.05, 0.1) is 22.6 Å². The van der Waals surface area contributed by atoms with Gasteiger partial charge in [0.2, 0.25) is 0 Å². The second-order valence-electron chi connectivity index (χ2n) is 9.36. The Kier molecular flexibility index (Phi) is 6.73. The van der Waals surface area contributed by atoms with Crippen molar-refractivity contribution >= 4 is 17.5 Å².